The molecule has 1 heterocycles. The Hall–Kier alpha value is -0.670. The van der Waals surface area contributed by atoms with Crippen molar-refractivity contribution in [1.82, 2.24) is 5.32 Å². The number of halogens is 3. The summed E-state index contributed by atoms with van der Waals surface area (Å²) in [7, 11) is 0. The molecule has 1 saturated heterocycles. The zero-order valence-electron chi connectivity index (χ0n) is 9.61. The third-order valence-electron chi connectivity index (χ3n) is 3.27. The summed E-state index contributed by atoms with van der Waals surface area (Å²) in [5.74, 6) is -0.483. The maximum absolute atomic E-state index is 14.6. The van der Waals surface area contributed by atoms with Gasteiger partial charge in [0.05, 0.1) is 5.02 Å². The van der Waals surface area contributed by atoms with Crippen LogP contribution in [0.3, 0.4) is 0 Å². The van der Waals surface area contributed by atoms with Gasteiger partial charge in [-0.15, -0.1) is 0 Å². The lowest BCUT2D eigenvalue weighted by Crippen LogP contribution is -2.28. The van der Waals surface area contributed by atoms with Crippen molar-refractivity contribution in [2.45, 2.75) is 31.4 Å². The first-order chi connectivity index (χ1) is 8.11. The average Bonchev–Trinajstić information content (AvgIpc) is 2.50. The van der Waals surface area contributed by atoms with Gasteiger partial charge in [-0.2, -0.15) is 0 Å². The highest BCUT2D eigenvalue weighted by molar-refractivity contribution is 6.30. The van der Waals surface area contributed by atoms with E-state index in [1.54, 1.807) is 12.1 Å². The molecule has 1 atom stereocenters. The molecule has 1 aliphatic heterocycles. The van der Waals surface area contributed by atoms with Crippen molar-refractivity contribution < 1.29 is 8.78 Å². The van der Waals surface area contributed by atoms with Crippen molar-refractivity contribution in [2.24, 2.45) is 0 Å². The van der Waals surface area contributed by atoms with E-state index in [0.717, 1.165) is 13.0 Å². The number of hydrogen-bond acceptors (Lipinski definition) is 1. The SMILES string of the molecule is Fc1c(Cl)cccc1CC1(F)CCCNCC1. The van der Waals surface area contributed by atoms with Gasteiger partial charge in [0.2, 0.25) is 0 Å². The first-order valence-electron chi connectivity index (χ1n) is 5.93. The van der Waals surface area contributed by atoms with E-state index in [1.165, 1.54) is 6.07 Å². The molecule has 0 radical (unpaired) electrons. The molecule has 0 saturated carbocycles. The van der Waals surface area contributed by atoms with Gasteiger partial charge in [-0.3, -0.25) is 0 Å². The molecule has 4 heteroatoms. The number of nitrogens with one attached hydrogen (secondary N) is 1. The molecule has 0 aliphatic carbocycles. The van der Waals surface area contributed by atoms with Gasteiger partial charge in [0.25, 0.3) is 0 Å². The van der Waals surface area contributed by atoms with Crippen LogP contribution in [0.1, 0.15) is 24.8 Å². The minimum absolute atomic E-state index is 0.0675. The van der Waals surface area contributed by atoms with Crippen LogP contribution in [0.4, 0.5) is 8.78 Å². The van der Waals surface area contributed by atoms with Crippen molar-refractivity contribution >= 4 is 11.6 Å². The summed E-state index contributed by atoms with van der Waals surface area (Å²) in [6.45, 7) is 1.49. The molecule has 0 bridgehead atoms. The van der Waals surface area contributed by atoms with E-state index in [0.29, 0.717) is 24.9 Å². The minimum Gasteiger partial charge on any atom is -0.317 e. The van der Waals surface area contributed by atoms with Gasteiger partial charge in [-0.1, -0.05) is 23.7 Å². The molecule has 1 unspecified atom stereocenters. The van der Waals surface area contributed by atoms with Crippen LogP contribution < -0.4 is 5.32 Å². The summed E-state index contributed by atoms with van der Waals surface area (Å²) < 4.78 is 28.3. The highest BCUT2D eigenvalue weighted by atomic mass is 35.5. The Morgan fingerprint density at radius 3 is 2.94 bits per heavy atom. The number of hydrogen-bond donors (Lipinski definition) is 1. The van der Waals surface area contributed by atoms with Crippen molar-refractivity contribution in [3.63, 3.8) is 0 Å². The molecule has 1 aliphatic rings. The molecule has 0 spiro atoms. The molecular formula is C13H16ClF2N. The first-order valence-corrected chi connectivity index (χ1v) is 6.31. The van der Waals surface area contributed by atoms with Crippen LogP contribution in [0.25, 0.3) is 0 Å². The molecule has 0 aromatic heterocycles. The fraction of sp³-hybridized carbons (Fsp3) is 0.538. The highest BCUT2D eigenvalue weighted by Gasteiger charge is 2.31. The Morgan fingerprint density at radius 1 is 1.29 bits per heavy atom. The Kier molecular flexibility index (Phi) is 4.00. The minimum atomic E-state index is -1.31. The topological polar surface area (TPSA) is 12.0 Å². The highest BCUT2D eigenvalue weighted by Crippen LogP contribution is 2.31. The second kappa shape index (κ2) is 5.32. The number of alkyl halides is 1. The molecule has 2 rings (SSSR count). The van der Waals surface area contributed by atoms with Gasteiger partial charge >= 0.3 is 0 Å². The smallest absolute Gasteiger partial charge is 0.145 e. The van der Waals surface area contributed by atoms with E-state index >= 15 is 0 Å². The molecule has 1 nitrogen and oxygen atoms in total. The predicted octanol–water partition coefficient (Wildman–Crippen LogP) is 3.50. The fourth-order valence-corrected chi connectivity index (χ4v) is 2.49. The van der Waals surface area contributed by atoms with Crippen LogP contribution in [-0.4, -0.2) is 18.8 Å². The fourth-order valence-electron chi connectivity index (χ4n) is 2.30. The standard InChI is InChI=1S/C13H16ClF2N/c14-11-4-1-3-10(12(11)15)9-13(16)5-2-7-17-8-6-13/h1,3-4,17H,2,5-9H2. The summed E-state index contributed by atoms with van der Waals surface area (Å²) in [6.07, 6.45) is 1.81. The second-order valence-electron chi connectivity index (χ2n) is 4.64. The molecule has 1 fully saturated rings. The van der Waals surface area contributed by atoms with E-state index in [1.807, 2.05) is 0 Å². The van der Waals surface area contributed by atoms with Gasteiger partial charge in [0.15, 0.2) is 0 Å². The summed E-state index contributed by atoms with van der Waals surface area (Å²) in [5, 5.41) is 3.22. The lowest BCUT2D eigenvalue weighted by atomic mass is 9.89. The summed E-state index contributed by atoms with van der Waals surface area (Å²) in [4.78, 5) is 0. The molecule has 1 aromatic rings. The third kappa shape index (κ3) is 3.17. The monoisotopic (exact) mass is 259 g/mol. The van der Waals surface area contributed by atoms with Crippen LogP contribution in [0.2, 0.25) is 5.02 Å². The lowest BCUT2D eigenvalue weighted by molar-refractivity contribution is 0.143. The Labute approximate surface area is 105 Å². The van der Waals surface area contributed by atoms with Crippen molar-refractivity contribution in [2.75, 3.05) is 13.1 Å². The molecule has 1 N–H and O–H groups in total. The molecule has 1 aromatic carbocycles. The van der Waals surface area contributed by atoms with Crippen molar-refractivity contribution in [3.8, 4) is 0 Å². The Balaban J connectivity index is 2.15. The van der Waals surface area contributed by atoms with Crippen molar-refractivity contribution in [3.05, 3.63) is 34.6 Å². The van der Waals surface area contributed by atoms with Crippen molar-refractivity contribution in [1.29, 1.82) is 0 Å². The third-order valence-corrected chi connectivity index (χ3v) is 3.56. The zero-order valence-corrected chi connectivity index (χ0v) is 10.4. The van der Waals surface area contributed by atoms with Gasteiger partial charge in [0, 0.05) is 6.42 Å². The second-order valence-corrected chi connectivity index (χ2v) is 5.05. The lowest BCUT2D eigenvalue weighted by Gasteiger charge is -2.23. The normalized spacial score (nSPS) is 25.6. The number of rotatable bonds is 2. The van der Waals surface area contributed by atoms with Crippen LogP contribution in [-0.2, 0) is 6.42 Å². The van der Waals surface area contributed by atoms with Gasteiger partial charge in [0.1, 0.15) is 11.5 Å². The van der Waals surface area contributed by atoms with Gasteiger partial charge in [-0.05, 0) is 44.0 Å². The van der Waals surface area contributed by atoms with E-state index < -0.39 is 11.5 Å². The summed E-state index contributed by atoms with van der Waals surface area (Å²) >= 11 is 5.70. The van der Waals surface area contributed by atoms with E-state index in [2.05, 4.69) is 5.32 Å². The summed E-state index contributed by atoms with van der Waals surface area (Å²) in [5.41, 5.74) is -0.934. The predicted molar refractivity (Wildman–Crippen MR) is 65.7 cm³/mol. The van der Waals surface area contributed by atoms with E-state index in [4.69, 9.17) is 11.6 Å². The van der Waals surface area contributed by atoms with E-state index in [-0.39, 0.29) is 11.4 Å². The maximum atomic E-state index is 14.6. The molecule has 0 amide bonds. The van der Waals surface area contributed by atoms with Crippen LogP contribution in [0.5, 0.6) is 0 Å². The Bertz CT molecular complexity index is 387. The maximum Gasteiger partial charge on any atom is 0.145 e. The van der Waals surface area contributed by atoms with Crippen LogP contribution in [0, 0.1) is 5.82 Å². The average molecular weight is 260 g/mol. The zero-order chi connectivity index (χ0) is 12.3. The van der Waals surface area contributed by atoms with Crippen LogP contribution >= 0.6 is 11.6 Å². The largest absolute Gasteiger partial charge is 0.317 e. The molecule has 94 valence electrons. The number of benzene rings is 1. The first kappa shape index (κ1) is 12.8. The molecule has 17 heavy (non-hydrogen) atoms. The van der Waals surface area contributed by atoms with E-state index in [9.17, 15) is 8.78 Å². The quantitative estimate of drug-likeness (QED) is 0.857. The Morgan fingerprint density at radius 2 is 2.12 bits per heavy atom. The summed E-state index contributed by atoms with van der Waals surface area (Å²) in [6, 6.07) is 4.76. The van der Waals surface area contributed by atoms with Crippen LogP contribution in [0.15, 0.2) is 18.2 Å². The van der Waals surface area contributed by atoms with Gasteiger partial charge < -0.3 is 5.32 Å². The van der Waals surface area contributed by atoms with Gasteiger partial charge in [-0.25, -0.2) is 8.78 Å². The molecular weight excluding hydrogens is 244 g/mol.